The first-order valence-corrected chi connectivity index (χ1v) is 10.8. The molecule has 1 fully saturated rings. The Balaban J connectivity index is 0.00000342. The Morgan fingerprint density at radius 2 is 1.89 bits per heavy atom. The van der Waals surface area contributed by atoms with Crippen LogP contribution in [0.3, 0.4) is 0 Å². The van der Waals surface area contributed by atoms with Gasteiger partial charge < -0.3 is 21.7 Å². The first kappa shape index (κ1) is 26.2. The fourth-order valence-electron chi connectivity index (χ4n) is 3.86. The Kier molecular flexibility index (Phi) is 7.86. The highest BCUT2D eigenvalue weighted by Crippen LogP contribution is 2.34. The second-order valence-electron chi connectivity index (χ2n) is 8.15. The molecule has 1 atom stereocenters. The largest absolute Gasteiger partial charge is 0.416 e. The zero-order valence-electron chi connectivity index (χ0n) is 18.9. The molecule has 0 saturated carbocycles. The monoisotopic (exact) mass is 510 g/mol. The van der Waals surface area contributed by atoms with Gasteiger partial charge in [-0.3, -0.25) is 10.1 Å². The van der Waals surface area contributed by atoms with Crippen LogP contribution < -0.4 is 27.0 Å². The van der Waals surface area contributed by atoms with Gasteiger partial charge in [0.05, 0.1) is 29.9 Å². The average Bonchev–Trinajstić information content (AvgIpc) is 3.32. The number of nitrogens with two attached hydrogens (primary N) is 2. The number of fused-ring (bicyclic) bond motifs is 1. The summed E-state index contributed by atoms with van der Waals surface area (Å²) in [7, 11) is 0. The maximum absolute atomic E-state index is 13.3. The van der Waals surface area contributed by atoms with Crippen molar-refractivity contribution in [2.24, 2.45) is 5.73 Å². The van der Waals surface area contributed by atoms with Crippen LogP contribution in [0.25, 0.3) is 10.9 Å². The molecule has 0 spiro atoms. The molecule has 4 rings (SSSR count). The summed E-state index contributed by atoms with van der Waals surface area (Å²) in [6.45, 7) is 3.21. The molecule has 3 aromatic rings. The number of carbonyl (C=O) groups excluding carboxylic acids is 1. The van der Waals surface area contributed by atoms with Crippen LogP contribution in [-0.4, -0.2) is 40.5 Å². The van der Waals surface area contributed by atoms with Crippen LogP contribution in [0.2, 0.25) is 0 Å². The van der Waals surface area contributed by atoms with Gasteiger partial charge in [-0.15, -0.1) is 12.4 Å². The first-order valence-electron chi connectivity index (χ1n) is 10.8. The van der Waals surface area contributed by atoms with Crippen LogP contribution in [0.4, 0.5) is 36.4 Å². The lowest BCUT2D eigenvalue weighted by Crippen LogP contribution is -2.23. The van der Waals surface area contributed by atoms with E-state index in [4.69, 9.17) is 11.5 Å². The fourth-order valence-corrected chi connectivity index (χ4v) is 3.86. The van der Waals surface area contributed by atoms with Gasteiger partial charge in [-0.25, -0.2) is 9.97 Å². The normalized spacial score (nSPS) is 14.5. The number of pyridine rings is 1. The number of rotatable bonds is 6. The number of amides is 1. The number of benzene rings is 1. The predicted molar refractivity (Wildman–Crippen MR) is 132 cm³/mol. The fraction of sp³-hybridized carbons (Fsp3) is 0.364. The number of nitrogens with one attached hydrogen (secondary N) is 2. The van der Waals surface area contributed by atoms with Crippen molar-refractivity contribution in [1.29, 1.82) is 0 Å². The smallest absolute Gasteiger partial charge is 0.399 e. The number of alkyl halides is 3. The Morgan fingerprint density at radius 3 is 2.54 bits per heavy atom. The first-order chi connectivity index (χ1) is 16.1. The van der Waals surface area contributed by atoms with E-state index >= 15 is 0 Å². The van der Waals surface area contributed by atoms with Crippen molar-refractivity contribution < 1.29 is 18.0 Å². The maximum atomic E-state index is 13.3. The van der Waals surface area contributed by atoms with Crippen molar-refractivity contribution in [3.63, 3.8) is 0 Å². The van der Waals surface area contributed by atoms with Crippen molar-refractivity contribution in [1.82, 2.24) is 15.0 Å². The van der Waals surface area contributed by atoms with E-state index in [9.17, 15) is 18.0 Å². The number of aromatic nitrogens is 3. The van der Waals surface area contributed by atoms with Gasteiger partial charge in [-0.1, -0.05) is 0 Å². The molecule has 1 saturated heterocycles. The number of nitrogen functional groups attached to an aromatic ring is 1. The lowest BCUT2D eigenvalue weighted by Gasteiger charge is -2.20. The third-order valence-electron chi connectivity index (χ3n) is 5.59. The molecule has 9 nitrogen and oxygen atoms in total. The molecule has 35 heavy (non-hydrogen) atoms. The van der Waals surface area contributed by atoms with E-state index in [1.54, 1.807) is 13.1 Å². The molecule has 1 amide bonds. The SMILES string of the molecule is C[C@@H](Nc1nc(NC(=O)CN)nc2cnc(N3CCCC3)cc12)c1cc(N)cc(C(F)(F)F)c1.Cl. The van der Waals surface area contributed by atoms with Crippen LogP contribution in [0.1, 0.15) is 36.9 Å². The van der Waals surface area contributed by atoms with Crippen LogP contribution in [0, 0.1) is 0 Å². The Hall–Kier alpha value is -3.38. The zero-order chi connectivity index (χ0) is 24.5. The van der Waals surface area contributed by atoms with E-state index in [1.165, 1.54) is 6.07 Å². The minimum Gasteiger partial charge on any atom is -0.399 e. The van der Waals surface area contributed by atoms with Crippen LogP contribution >= 0.6 is 12.4 Å². The molecule has 0 aliphatic carbocycles. The third-order valence-corrected chi connectivity index (χ3v) is 5.59. The second kappa shape index (κ2) is 10.5. The lowest BCUT2D eigenvalue weighted by molar-refractivity contribution is -0.137. The van der Waals surface area contributed by atoms with Crippen molar-refractivity contribution in [2.45, 2.75) is 32.0 Å². The minimum absolute atomic E-state index is 0. The molecule has 188 valence electrons. The Morgan fingerprint density at radius 1 is 1.17 bits per heavy atom. The predicted octanol–water partition coefficient (Wildman–Crippen LogP) is 3.72. The number of nitrogens with zero attached hydrogens (tertiary/aromatic N) is 4. The Labute approximate surface area is 205 Å². The second-order valence-corrected chi connectivity index (χ2v) is 8.15. The summed E-state index contributed by atoms with van der Waals surface area (Å²) in [5, 5.41) is 6.29. The van der Waals surface area contributed by atoms with Crippen molar-refractivity contribution >= 4 is 52.5 Å². The van der Waals surface area contributed by atoms with Crippen molar-refractivity contribution in [3.05, 3.63) is 41.6 Å². The van der Waals surface area contributed by atoms with Gasteiger partial charge in [0.15, 0.2) is 0 Å². The molecule has 0 unspecified atom stereocenters. The van der Waals surface area contributed by atoms with Gasteiger partial charge in [0.25, 0.3) is 0 Å². The summed E-state index contributed by atoms with van der Waals surface area (Å²) in [5.74, 6) is 0.623. The average molecular weight is 511 g/mol. The van der Waals surface area contributed by atoms with Crippen LogP contribution in [0.5, 0.6) is 0 Å². The summed E-state index contributed by atoms with van der Waals surface area (Å²) in [6, 6.07) is 4.66. The van der Waals surface area contributed by atoms with E-state index in [0.29, 0.717) is 22.3 Å². The van der Waals surface area contributed by atoms with Crippen LogP contribution in [0.15, 0.2) is 30.5 Å². The third kappa shape index (κ3) is 6.01. The molecular weight excluding hydrogens is 485 g/mol. The summed E-state index contributed by atoms with van der Waals surface area (Å²) in [4.78, 5) is 27.2. The minimum atomic E-state index is -4.53. The number of carbonyl (C=O) groups is 1. The summed E-state index contributed by atoms with van der Waals surface area (Å²) in [5.41, 5.74) is 11.1. The molecule has 3 heterocycles. The van der Waals surface area contributed by atoms with Gasteiger partial charge in [0.2, 0.25) is 11.9 Å². The molecule has 2 aromatic heterocycles. The van der Waals surface area contributed by atoms with E-state index in [0.717, 1.165) is 43.9 Å². The van der Waals surface area contributed by atoms with E-state index in [2.05, 4.69) is 30.5 Å². The van der Waals surface area contributed by atoms with E-state index in [1.807, 2.05) is 6.07 Å². The summed E-state index contributed by atoms with van der Waals surface area (Å²) < 4.78 is 39.9. The van der Waals surface area contributed by atoms with Crippen LogP contribution in [-0.2, 0) is 11.0 Å². The summed E-state index contributed by atoms with van der Waals surface area (Å²) >= 11 is 0. The molecule has 1 aliphatic rings. The molecular formula is C22H26ClF3N8O. The Bertz CT molecular complexity index is 1220. The van der Waals surface area contributed by atoms with E-state index in [-0.39, 0.29) is 30.6 Å². The highest BCUT2D eigenvalue weighted by atomic mass is 35.5. The standard InChI is InChI=1S/C22H25F3N8O.ClH/c1-12(13-6-14(22(23,24)25)8-15(27)7-13)29-20-16-9-18(33-4-2-3-5-33)28-11-17(16)30-21(32-20)31-19(34)10-26;/h6-9,11-12H,2-5,10,26-27H2,1H3,(H2,29,30,31,32,34);1H/t12-;/m1./s1. The summed E-state index contributed by atoms with van der Waals surface area (Å²) in [6.07, 6.45) is -0.804. The number of halogens is 4. The van der Waals surface area contributed by atoms with Crippen molar-refractivity contribution in [2.75, 3.05) is 40.9 Å². The van der Waals surface area contributed by atoms with Crippen molar-refractivity contribution in [3.8, 4) is 0 Å². The van der Waals surface area contributed by atoms with Gasteiger partial charge in [0.1, 0.15) is 11.6 Å². The molecule has 6 N–H and O–H groups in total. The molecule has 0 bridgehead atoms. The van der Waals surface area contributed by atoms with Gasteiger partial charge in [0, 0.05) is 24.2 Å². The molecule has 1 aromatic carbocycles. The maximum Gasteiger partial charge on any atom is 0.416 e. The topological polar surface area (TPSA) is 135 Å². The number of anilines is 4. The molecule has 0 radical (unpaired) electrons. The van der Waals surface area contributed by atoms with Gasteiger partial charge in [-0.2, -0.15) is 18.2 Å². The highest BCUT2D eigenvalue weighted by Gasteiger charge is 2.31. The van der Waals surface area contributed by atoms with Gasteiger partial charge in [-0.05, 0) is 49.6 Å². The van der Waals surface area contributed by atoms with E-state index < -0.39 is 23.7 Å². The quantitative estimate of drug-likeness (QED) is 0.368. The zero-order valence-corrected chi connectivity index (χ0v) is 19.7. The molecule has 13 heteroatoms. The van der Waals surface area contributed by atoms with Gasteiger partial charge >= 0.3 is 6.18 Å². The molecule has 1 aliphatic heterocycles. The number of hydrogen-bond acceptors (Lipinski definition) is 8. The lowest BCUT2D eigenvalue weighted by atomic mass is 10.0. The highest BCUT2D eigenvalue weighted by molar-refractivity contribution is 5.95. The number of hydrogen-bond donors (Lipinski definition) is 4.